The zero-order valence-electron chi connectivity index (χ0n) is 21.7. The molecule has 3 aromatic rings. The molecule has 39 heavy (non-hydrogen) atoms. The van der Waals surface area contributed by atoms with Gasteiger partial charge in [0.25, 0.3) is 0 Å². The van der Waals surface area contributed by atoms with Crippen LogP contribution < -0.4 is 16.4 Å². The van der Waals surface area contributed by atoms with E-state index in [1.54, 1.807) is 61.2 Å². The molecule has 3 rings (SSSR count). The number of anilines is 3. The maximum Gasteiger partial charge on any atom is 0.412 e. The van der Waals surface area contributed by atoms with Crippen LogP contribution in [0.15, 0.2) is 83.8 Å². The van der Waals surface area contributed by atoms with Crippen molar-refractivity contribution in [3.63, 3.8) is 0 Å². The molecule has 0 spiro atoms. The number of amides is 2. The number of rotatable bonds is 12. The largest absolute Gasteiger partial charge is 0.505 e. The predicted molar refractivity (Wildman–Crippen MR) is 152 cm³/mol. The van der Waals surface area contributed by atoms with E-state index in [0.29, 0.717) is 42.1 Å². The van der Waals surface area contributed by atoms with E-state index >= 15 is 0 Å². The average molecular weight is 554 g/mol. The van der Waals surface area contributed by atoms with Gasteiger partial charge in [-0.3, -0.25) is 10.1 Å². The number of para-hydroxylation sites is 2. The Labute approximate surface area is 231 Å². The number of halogens is 1. The van der Waals surface area contributed by atoms with Crippen molar-refractivity contribution in [1.82, 2.24) is 0 Å². The lowest BCUT2D eigenvalue weighted by atomic mass is 9.99. The first-order chi connectivity index (χ1) is 18.8. The Morgan fingerprint density at radius 2 is 1.85 bits per heavy atom. The standard InChI is InChI=1S/C29H32FN3O5S/c1-3-37-26(10-6-7-11-27(35)33-24-9-5-4-8-23(24)31)28(19-12-17-25(34)22(30)18-19)38-29(36)32-20-13-15-21(39-2)16-14-20/h4-5,7-9,11-18,26,28,34H,3,6,10,31H2,1-2H3,(H,32,36)(H,33,35)/b11-7+/t26-,28-/m0/s1. The summed E-state index contributed by atoms with van der Waals surface area (Å²) in [6.07, 6.45) is 3.36. The normalized spacial score (nSPS) is 12.6. The van der Waals surface area contributed by atoms with Gasteiger partial charge < -0.3 is 25.6 Å². The molecule has 10 heteroatoms. The zero-order chi connectivity index (χ0) is 28.2. The minimum Gasteiger partial charge on any atom is -0.505 e. The lowest BCUT2D eigenvalue weighted by Gasteiger charge is -2.27. The van der Waals surface area contributed by atoms with Gasteiger partial charge in [0.2, 0.25) is 5.91 Å². The molecule has 0 heterocycles. The second kappa shape index (κ2) is 14.8. The van der Waals surface area contributed by atoms with Gasteiger partial charge in [0.1, 0.15) is 0 Å². The van der Waals surface area contributed by atoms with E-state index in [1.807, 2.05) is 18.4 Å². The number of aromatic hydroxyl groups is 1. The lowest BCUT2D eigenvalue weighted by molar-refractivity contribution is -0.111. The third-order valence-electron chi connectivity index (χ3n) is 5.69. The number of nitrogens with two attached hydrogens (primary N) is 1. The molecule has 0 bridgehead atoms. The number of carbonyl (C=O) groups is 2. The second-order valence-corrected chi connectivity index (χ2v) is 9.32. The summed E-state index contributed by atoms with van der Waals surface area (Å²) in [5.74, 6) is -1.71. The van der Waals surface area contributed by atoms with Gasteiger partial charge in [-0.05, 0) is 86.2 Å². The molecule has 0 aliphatic heterocycles. The Kier molecular flexibility index (Phi) is 11.2. The Hall–Kier alpha value is -4.02. The van der Waals surface area contributed by atoms with E-state index in [-0.39, 0.29) is 5.91 Å². The molecule has 2 amide bonds. The molecule has 8 nitrogen and oxygen atoms in total. The molecule has 0 unspecified atom stereocenters. The summed E-state index contributed by atoms with van der Waals surface area (Å²) < 4.78 is 25.8. The fourth-order valence-electron chi connectivity index (χ4n) is 3.77. The van der Waals surface area contributed by atoms with Crippen LogP contribution in [0.3, 0.4) is 0 Å². The highest BCUT2D eigenvalue weighted by Crippen LogP contribution is 2.30. The Morgan fingerprint density at radius 1 is 1.10 bits per heavy atom. The van der Waals surface area contributed by atoms with E-state index in [9.17, 15) is 19.1 Å². The van der Waals surface area contributed by atoms with Crippen molar-refractivity contribution in [3.8, 4) is 5.75 Å². The monoisotopic (exact) mass is 553 g/mol. The van der Waals surface area contributed by atoms with Gasteiger partial charge in [0, 0.05) is 17.2 Å². The SMILES string of the molecule is CCO[C@@H](CC/C=C/C(=O)Nc1ccccc1N)[C@@H](OC(=O)Nc1ccc(SC)cc1)c1ccc(O)c(F)c1. The summed E-state index contributed by atoms with van der Waals surface area (Å²) >= 11 is 1.58. The lowest BCUT2D eigenvalue weighted by Crippen LogP contribution is -2.29. The smallest absolute Gasteiger partial charge is 0.412 e. The number of carbonyl (C=O) groups excluding carboxylic acids is 2. The van der Waals surface area contributed by atoms with Gasteiger partial charge in [-0.2, -0.15) is 0 Å². The fraction of sp³-hybridized carbons (Fsp3) is 0.241. The number of phenols is 1. The third-order valence-corrected chi connectivity index (χ3v) is 6.44. The van der Waals surface area contributed by atoms with Crippen LogP contribution in [0.5, 0.6) is 5.75 Å². The summed E-state index contributed by atoms with van der Waals surface area (Å²) in [7, 11) is 0. The molecule has 0 radical (unpaired) electrons. The minimum atomic E-state index is -0.989. The number of allylic oxidation sites excluding steroid dienone is 1. The highest BCUT2D eigenvalue weighted by molar-refractivity contribution is 7.98. The average Bonchev–Trinajstić information content (AvgIpc) is 2.92. The highest BCUT2D eigenvalue weighted by Gasteiger charge is 2.28. The van der Waals surface area contributed by atoms with Crippen LogP contribution in [-0.2, 0) is 14.3 Å². The molecular weight excluding hydrogens is 521 g/mol. The van der Waals surface area contributed by atoms with E-state index < -0.39 is 29.9 Å². The van der Waals surface area contributed by atoms with Crippen LogP contribution in [0.2, 0.25) is 0 Å². The zero-order valence-corrected chi connectivity index (χ0v) is 22.5. The second-order valence-electron chi connectivity index (χ2n) is 8.44. The minimum absolute atomic E-state index is 0.306. The summed E-state index contributed by atoms with van der Waals surface area (Å²) in [4.78, 5) is 26.1. The van der Waals surface area contributed by atoms with Crippen molar-refractivity contribution in [1.29, 1.82) is 0 Å². The molecule has 0 aliphatic rings. The number of benzene rings is 3. The molecule has 0 aliphatic carbocycles. The van der Waals surface area contributed by atoms with Crippen LogP contribution in [-0.4, -0.2) is 36.1 Å². The first kappa shape index (κ1) is 29.5. The number of ether oxygens (including phenoxy) is 2. The van der Waals surface area contributed by atoms with Crippen LogP contribution in [0.1, 0.15) is 31.4 Å². The molecule has 2 atom stereocenters. The first-order valence-corrected chi connectivity index (χ1v) is 13.6. The third kappa shape index (κ3) is 9.05. The van der Waals surface area contributed by atoms with Crippen molar-refractivity contribution in [2.45, 2.75) is 36.9 Å². The molecule has 3 aromatic carbocycles. The van der Waals surface area contributed by atoms with Gasteiger partial charge >= 0.3 is 6.09 Å². The number of nitrogen functional groups attached to an aromatic ring is 1. The maximum absolute atomic E-state index is 14.2. The number of thioether (sulfide) groups is 1. The maximum atomic E-state index is 14.2. The van der Waals surface area contributed by atoms with Crippen molar-refractivity contribution in [2.24, 2.45) is 0 Å². The van der Waals surface area contributed by atoms with Gasteiger partial charge in [0.15, 0.2) is 17.7 Å². The first-order valence-electron chi connectivity index (χ1n) is 12.3. The van der Waals surface area contributed by atoms with Crippen molar-refractivity contribution in [3.05, 3.63) is 90.3 Å². The van der Waals surface area contributed by atoms with Crippen molar-refractivity contribution in [2.75, 3.05) is 29.2 Å². The van der Waals surface area contributed by atoms with Crippen LogP contribution in [0.25, 0.3) is 0 Å². The molecule has 0 saturated heterocycles. The highest BCUT2D eigenvalue weighted by atomic mass is 32.2. The number of nitrogens with one attached hydrogen (secondary N) is 2. The molecule has 206 valence electrons. The van der Waals surface area contributed by atoms with Crippen LogP contribution >= 0.6 is 11.8 Å². The Bertz CT molecular complexity index is 1290. The summed E-state index contributed by atoms with van der Waals surface area (Å²) in [6.45, 7) is 2.10. The van der Waals surface area contributed by atoms with Crippen molar-refractivity contribution >= 4 is 40.8 Å². The molecule has 0 fully saturated rings. The number of hydrogen-bond donors (Lipinski definition) is 4. The molecular formula is C29H32FN3O5S. The summed E-state index contributed by atoms with van der Waals surface area (Å²) in [5, 5.41) is 15.0. The van der Waals surface area contributed by atoms with Gasteiger partial charge in [-0.15, -0.1) is 11.8 Å². The van der Waals surface area contributed by atoms with Gasteiger partial charge in [-0.1, -0.05) is 24.3 Å². The number of hydrogen-bond acceptors (Lipinski definition) is 7. The summed E-state index contributed by atoms with van der Waals surface area (Å²) in [5.41, 5.74) is 7.68. The van der Waals surface area contributed by atoms with Crippen LogP contribution in [0.4, 0.5) is 26.2 Å². The van der Waals surface area contributed by atoms with E-state index in [2.05, 4.69) is 10.6 Å². The summed E-state index contributed by atoms with van der Waals surface area (Å²) in [6, 6.07) is 17.9. The topological polar surface area (TPSA) is 123 Å². The Balaban J connectivity index is 1.71. The van der Waals surface area contributed by atoms with Crippen LogP contribution in [0, 0.1) is 5.82 Å². The predicted octanol–water partition coefficient (Wildman–Crippen LogP) is 6.51. The van der Waals surface area contributed by atoms with Gasteiger partial charge in [-0.25, -0.2) is 9.18 Å². The van der Waals surface area contributed by atoms with E-state index in [0.717, 1.165) is 11.0 Å². The van der Waals surface area contributed by atoms with E-state index in [1.165, 1.54) is 18.2 Å². The van der Waals surface area contributed by atoms with E-state index in [4.69, 9.17) is 15.2 Å². The molecule has 5 N–H and O–H groups in total. The Morgan fingerprint density at radius 3 is 2.51 bits per heavy atom. The quantitative estimate of drug-likeness (QED) is 0.115. The molecule has 0 saturated carbocycles. The van der Waals surface area contributed by atoms with Crippen molar-refractivity contribution < 1.29 is 28.6 Å². The number of phenolic OH excluding ortho intramolecular Hbond substituents is 1. The van der Waals surface area contributed by atoms with Gasteiger partial charge in [0.05, 0.1) is 17.5 Å². The molecule has 0 aromatic heterocycles. The fourth-order valence-corrected chi connectivity index (χ4v) is 4.18.